The molecule has 2 rings (SSSR count). The Morgan fingerprint density at radius 1 is 1.08 bits per heavy atom. The average Bonchev–Trinajstić information content (AvgIpc) is 2.56. The summed E-state index contributed by atoms with van der Waals surface area (Å²) in [4.78, 5) is 25.1. The number of ether oxygens (including phenoxy) is 1. The van der Waals surface area contributed by atoms with Crippen molar-refractivity contribution in [1.82, 2.24) is 0 Å². The number of nitrogens with one attached hydrogen (secondary N) is 1. The molecular weight excluding hydrogens is 334 g/mol. The van der Waals surface area contributed by atoms with Crippen molar-refractivity contribution in [2.75, 3.05) is 11.1 Å². The van der Waals surface area contributed by atoms with E-state index in [-0.39, 0.29) is 11.7 Å². The molecule has 4 nitrogen and oxygen atoms in total. The Morgan fingerprint density at radius 2 is 1.84 bits per heavy atom. The summed E-state index contributed by atoms with van der Waals surface area (Å²) in [6, 6.07) is 13.5. The number of benzene rings is 2. The third kappa shape index (κ3) is 5.94. The van der Waals surface area contributed by atoms with Crippen LogP contribution in [0.4, 0.5) is 5.69 Å². The molecule has 0 aliphatic heterocycles. The number of carbonyl (C=O) groups excluding carboxylic acids is 2. The highest BCUT2D eigenvalue weighted by Gasteiger charge is 2.18. The SMILES string of the molecule is Cc1cccc(NC(=O)[C@H](C)OC(=O)CSc2ccc(C)c(C)c2)c1. The minimum atomic E-state index is -0.839. The van der Waals surface area contributed by atoms with Gasteiger partial charge in [0, 0.05) is 10.6 Å². The maximum atomic E-state index is 12.1. The normalized spacial score (nSPS) is 11.7. The smallest absolute Gasteiger partial charge is 0.317 e. The van der Waals surface area contributed by atoms with Crippen molar-refractivity contribution in [3.63, 3.8) is 0 Å². The van der Waals surface area contributed by atoms with Gasteiger partial charge in [0.25, 0.3) is 5.91 Å². The lowest BCUT2D eigenvalue weighted by molar-refractivity contribution is -0.150. The molecule has 2 aromatic rings. The van der Waals surface area contributed by atoms with E-state index >= 15 is 0 Å². The molecule has 25 heavy (non-hydrogen) atoms. The van der Waals surface area contributed by atoms with Crippen molar-refractivity contribution < 1.29 is 14.3 Å². The predicted octanol–water partition coefficient (Wildman–Crippen LogP) is 4.27. The van der Waals surface area contributed by atoms with Gasteiger partial charge in [-0.1, -0.05) is 18.2 Å². The number of carbonyl (C=O) groups is 2. The number of hydrogen-bond acceptors (Lipinski definition) is 4. The molecular formula is C20H23NO3S. The summed E-state index contributed by atoms with van der Waals surface area (Å²) < 4.78 is 5.22. The summed E-state index contributed by atoms with van der Waals surface area (Å²) in [6.45, 7) is 7.61. The van der Waals surface area contributed by atoms with Gasteiger partial charge in [0.05, 0.1) is 5.75 Å². The number of hydrogen-bond donors (Lipinski definition) is 1. The van der Waals surface area contributed by atoms with Crippen molar-refractivity contribution in [2.45, 2.75) is 38.7 Å². The van der Waals surface area contributed by atoms with Crippen LogP contribution < -0.4 is 5.32 Å². The Labute approximate surface area is 153 Å². The zero-order chi connectivity index (χ0) is 18.4. The maximum Gasteiger partial charge on any atom is 0.317 e. The van der Waals surface area contributed by atoms with Gasteiger partial charge in [-0.05, 0) is 68.7 Å². The Kier molecular flexibility index (Phi) is 6.65. The van der Waals surface area contributed by atoms with Crippen molar-refractivity contribution in [1.29, 1.82) is 0 Å². The molecule has 0 bridgehead atoms. The summed E-state index contributed by atoms with van der Waals surface area (Å²) in [5.74, 6) is -0.574. The van der Waals surface area contributed by atoms with Crippen molar-refractivity contribution in [3.8, 4) is 0 Å². The maximum absolute atomic E-state index is 12.1. The summed E-state index contributed by atoms with van der Waals surface area (Å²) in [7, 11) is 0. The first-order valence-electron chi connectivity index (χ1n) is 8.12. The van der Waals surface area contributed by atoms with Gasteiger partial charge in [-0.25, -0.2) is 0 Å². The van der Waals surface area contributed by atoms with Gasteiger partial charge in [0.2, 0.25) is 0 Å². The Hall–Kier alpha value is -2.27. The van der Waals surface area contributed by atoms with Crippen LogP contribution in [-0.2, 0) is 14.3 Å². The van der Waals surface area contributed by atoms with E-state index in [0.717, 1.165) is 10.5 Å². The molecule has 0 radical (unpaired) electrons. The van der Waals surface area contributed by atoms with Gasteiger partial charge in [-0.15, -0.1) is 11.8 Å². The van der Waals surface area contributed by atoms with Gasteiger partial charge in [0.1, 0.15) is 0 Å². The molecule has 0 unspecified atom stereocenters. The zero-order valence-electron chi connectivity index (χ0n) is 15.0. The first kappa shape index (κ1) is 19.1. The second-order valence-electron chi connectivity index (χ2n) is 6.03. The minimum absolute atomic E-state index is 0.171. The van der Waals surface area contributed by atoms with Gasteiger partial charge >= 0.3 is 5.97 Å². The third-order valence-corrected chi connectivity index (χ3v) is 4.77. The van der Waals surface area contributed by atoms with E-state index in [1.807, 2.05) is 57.2 Å². The monoisotopic (exact) mass is 357 g/mol. The van der Waals surface area contributed by atoms with Gasteiger partial charge < -0.3 is 10.1 Å². The molecule has 0 heterocycles. The second kappa shape index (κ2) is 8.72. The first-order valence-corrected chi connectivity index (χ1v) is 9.11. The lowest BCUT2D eigenvalue weighted by Crippen LogP contribution is -2.30. The van der Waals surface area contributed by atoms with Gasteiger partial charge in [0.15, 0.2) is 6.10 Å². The van der Waals surface area contributed by atoms with Crippen molar-refractivity contribution >= 4 is 29.3 Å². The average molecular weight is 357 g/mol. The number of amides is 1. The van der Waals surface area contributed by atoms with E-state index in [1.165, 1.54) is 22.9 Å². The molecule has 0 aliphatic rings. The van der Waals surface area contributed by atoms with Crippen LogP contribution in [0, 0.1) is 20.8 Å². The minimum Gasteiger partial charge on any atom is -0.452 e. The predicted molar refractivity (Wildman–Crippen MR) is 102 cm³/mol. The van der Waals surface area contributed by atoms with Crippen LogP contribution in [-0.4, -0.2) is 23.7 Å². The van der Waals surface area contributed by atoms with Crippen LogP contribution in [0.5, 0.6) is 0 Å². The number of anilines is 1. The number of esters is 1. The third-order valence-electron chi connectivity index (χ3n) is 3.80. The molecule has 0 saturated carbocycles. The Balaban J connectivity index is 1.82. The summed E-state index contributed by atoms with van der Waals surface area (Å²) in [6.07, 6.45) is -0.839. The molecule has 0 fully saturated rings. The second-order valence-corrected chi connectivity index (χ2v) is 7.07. The first-order chi connectivity index (χ1) is 11.8. The Morgan fingerprint density at radius 3 is 2.52 bits per heavy atom. The standard InChI is InChI=1S/C20H23NO3S/c1-13-6-5-7-17(10-13)21-20(23)16(4)24-19(22)12-25-18-9-8-14(2)15(3)11-18/h5-11,16H,12H2,1-4H3,(H,21,23)/t16-/m0/s1. The number of aryl methyl sites for hydroxylation is 3. The largest absolute Gasteiger partial charge is 0.452 e. The molecule has 5 heteroatoms. The lowest BCUT2D eigenvalue weighted by atomic mass is 10.1. The van der Waals surface area contributed by atoms with E-state index in [0.29, 0.717) is 5.69 Å². The van der Waals surface area contributed by atoms with Crippen LogP contribution in [0.25, 0.3) is 0 Å². The molecule has 132 valence electrons. The molecule has 1 amide bonds. The van der Waals surface area contributed by atoms with E-state index in [9.17, 15) is 9.59 Å². The fraction of sp³-hybridized carbons (Fsp3) is 0.300. The van der Waals surface area contributed by atoms with Crippen molar-refractivity contribution in [3.05, 3.63) is 59.2 Å². The van der Waals surface area contributed by atoms with Crippen molar-refractivity contribution in [2.24, 2.45) is 0 Å². The van der Waals surface area contributed by atoms with E-state index < -0.39 is 12.1 Å². The lowest BCUT2D eigenvalue weighted by Gasteiger charge is -2.14. The van der Waals surface area contributed by atoms with Crippen LogP contribution in [0.1, 0.15) is 23.6 Å². The molecule has 0 aliphatic carbocycles. The van der Waals surface area contributed by atoms with Crippen LogP contribution in [0.3, 0.4) is 0 Å². The fourth-order valence-corrected chi connectivity index (χ4v) is 2.97. The molecule has 0 spiro atoms. The number of thioether (sulfide) groups is 1. The topological polar surface area (TPSA) is 55.4 Å². The van der Waals surface area contributed by atoms with Crippen LogP contribution in [0.15, 0.2) is 47.4 Å². The fourth-order valence-electron chi connectivity index (χ4n) is 2.20. The summed E-state index contributed by atoms with van der Waals surface area (Å²) in [5.41, 5.74) is 4.14. The van der Waals surface area contributed by atoms with E-state index in [1.54, 1.807) is 13.0 Å². The number of rotatable bonds is 6. The van der Waals surface area contributed by atoms with Crippen LogP contribution in [0.2, 0.25) is 0 Å². The molecule has 0 aromatic heterocycles. The molecule has 2 aromatic carbocycles. The Bertz CT molecular complexity index is 773. The van der Waals surface area contributed by atoms with E-state index in [4.69, 9.17) is 4.74 Å². The molecule has 1 N–H and O–H groups in total. The quantitative estimate of drug-likeness (QED) is 0.619. The molecule has 0 saturated heterocycles. The van der Waals surface area contributed by atoms with Gasteiger partial charge in [-0.2, -0.15) is 0 Å². The van der Waals surface area contributed by atoms with Gasteiger partial charge in [-0.3, -0.25) is 9.59 Å². The molecule has 1 atom stereocenters. The highest BCUT2D eigenvalue weighted by molar-refractivity contribution is 8.00. The summed E-state index contributed by atoms with van der Waals surface area (Å²) >= 11 is 1.40. The zero-order valence-corrected chi connectivity index (χ0v) is 15.8. The van der Waals surface area contributed by atoms with Crippen LogP contribution >= 0.6 is 11.8 Å². The highest BCUT2D eigenvalue weighted by atomic mass is 32.2. The highest BCUT2D eigenvalue weighted by Crippen LogP contribution is 2.21. The summed E-state index contributed by atoms with van der Waals surface area (Å²) in [5, 5.41) is 2.75. The van der Waals surface area contributed by atoms with E-state index in [2.05, 4.69) is 5.32 Å².